The van der Waals surface area contributed by atoms with E-state index in [-0.39, 0.29) is 6.10 Å². The summed E-state index contributed by atoms with van der Waals surface area (Å²) in [5.74, 6) is 0. The lowest BCUT2D eigenvalue weighted by molar-refractivity contribution is 0.167. The van der Waals surface area contributed by atoms with Gasteiger partial charge in [0.25, 0.3) is 0 Å². The van der Waals surface area contributed by atoms with Gasteiger partial charge in [-0.15, -0.1) is 0 Å². The summed E-state index contributed by atoms with van der Waals surface area (Å²) in [4.78, 5) is 0. The molecule has 0 atom stereocenters. The third-order valence-electron chi connectivity index (χ3n) is 0.575. The van der Waals surface area contributed by atoms with E-state index in [4.69, 9.17) is 16.3 Å². The molecule has 0 bridgehead atoms. The van der Waals surface area contributed by atoms with Crippen LogP contribution in [0.1, 0.15) is 20.8 Å². The molecule has 0 aromatic carbocycles. The van der Waals surface area contributed by atoms with Crippen LogP contribution in [0.4, 0.5) is 0 Å². The molecule has 2 heteroatoms. The summed E-state index contributed by atoms with van der Waals surface area (Å²) in [5.41, 5.74) is 0. The second kappa shape index (κ2) is 3.79. The number of ether oxygens (including phenoxy) is 1. The summed E-state index contributed by atoms with van der Waals surface area (Å²) in [6, 6.07) is 0. The molecule has 0 radical (unpaired) electrons. The van der Waals surface area contributed by atoms with Crippen molar-refractivity contribution < 1.29 is 4.74 Å². The molecule has 0 amide bonds. The van der Waals surface area contributed by atoms with Crippen molar-refractivity contribution in [2.24, 2.45) is 0 Å². The zero-order valence-electron chi connectivity index (χ0n) is 5.44. The summed E-state index contributed by atoms with van der Waals surface area (Å²) in [6.07, 6.45) is 1.90. The van der Waals surface area contributed by atoms with E-state index in [1.54, 1.807) is 6.08 Å². The molecule has 0 saturated heterocycles. The topological polar surface area (TPSA) is 9.23 Å². The van der Waals surface area contributed by atoms with Gasteiger partial charge in [0.05, 0.1) is 6.10 Å². The van der Waals surface area contributed by atoms with Crippen molar-refractivity contribution >= 4 is 11.6 Å². The van der Waals surface area contributed by atoms with Gasteiger partial charge < -0.3 is 4.74 Å². The maximum atomic E-state index is 5.50. The summed E-state index contributed by atoms with van der Waals surface area (Å²) in [6.45, 7) is 5.71. The van der Waals surface area contributed by atoms with E-state index in [2.05, 4.69) is 0 Å². The van der Waals surface area contributed by atoms with Crippen LogP contribution in [-0.4, -0.2) is 6.10 Å². The van der Waals surface area contributed by atoms with Crippen molar-refractivity contribution in [3.63, 3.8) is 0 Å². The van der Waals surface area contributed by atoms with Crippen molar-refractivity contribution in [2.45, 2.75) is 26.9 Å². The highest BCUT2D eigenvalue weighted by molar-refractivity contribution is 6.28. The van der Waals surface area contributed by atoms with Crippen LogP contribution in [0, 0.1) is 0 Å². The molecule has 0 saturated carbocycles. The molecule has 0 unspecified atom stereocenters. The van der Waals surface area contributed by atoms with Gasteiger partial charge >= 0.3 is 0 Å². The van der Waals surface area contributed by atoms with E-state index in [9.17, 15) is 0 Å². The van der Waals surface area contributed by atoms with Gasteiger partial charge in [0.2, 0.25) is 0 Å². The Hall–Kier alpha value is -0.170. The van der Waals surface area contributed by atoms with Gasteiger partial charge in [-0.2, -0.15) is 0 Å². The normalized spacial score (nSPS) is 12.4. The summed E-state index contributed by atoms with van der Waals surface area (Å²) < 4.78 is 5.03. The Labute approximate surface area is 55.3 Å². The van der Waals surface area contributed by atoms with Crippen LogP contribution in [0.3, 0.4) is 0 Å². The molecule has 0 aromatic rings. The number of hydrogen-bond donors (Lipinski definition) is 0. The Bertz CT molecular complexity index is 86.5. The van der Waals surface area contributed by atoms with Crippen molar-refractivity contribution in [1.82, 2.24) is 0 Å². The lowest BCUT2D eigenvalue weighted by Gasteiger charge is -2.05. The van der Waals surface area contributed by atoms with Crippen LogP contribution in [0.15, 0.2) is 11.3 Å². The van der Waals surface area contributed by atoms with Crippen molar-refractivity contribution in [2.75, 3.05) is 0 Å². The molecule has 0 fully saturated rings. The minimum atomic E-state index is 0.179. The molecule has 8 heavy (non-hydrogen) atoms. The fourth-order valence-corrected chi connectivity index (χ4v) is 0.471. The lowest BCUT2D eigenvalue weighted by atomic mass is 10.5. The van der Waals surface area contributed by atoms with Crippen LogP contribution in [0.5, 0.6) is 0 Å². The fourth-order valence-electron chi connectivity index (χ4n) is 0.293. The fraction of sp³-hybridized carbons (Fsp3) is 0.667. The summed E-state index contributed by atoms with van der Waals surface area (Å²) in [7, 11) is 0. The van der Waals surface area contributed by atoms with Gasteiger partial charge in [-0.1, -0.05) is 0 Å². The SMILES string of the molecule is CC=C(Cl)OC(C)C. The first-order valence-corrected chi connectivity index (χ1v) is 3.03. The van der Waals surface area contributed by atoms with Crippen molar-refractivity contribution in [3.8, 4) is 0 Å². The molecule has 0 aliphatic heterocycles. The molecule has 0 aliphatic carbocycles. The predicted octanol–water partition coefficient (Wildman–Crippen LogP) is 2.51. The Morgan fingerprint density at radius 1 is 1.62 bits per heavy atom. The zero-order chi connectivity index (χ0) is 6.57. The van der Waals surface area contributed by atoms with E-state index in [0.29, 0.717) is 5.22 Å². The lowest BCUT2D eigenvalue weighted by Crippen LogP contribution is -1.97. The standard InChI is InChI=1S/C6H11ClO/c1-4-6(7)8-5(2)3/h4-5H,1-3H3. The largest absolute Gasteiger partial charge is 0.480 e. The number of hydrogen-bond acceptors (Lipinski definition) is 1. The maximum Gasteiger partial charge on any atom is 0.182 e. The van der Waals surface area contributed by atoms with Crippen LogP contribution < -0.4 is 0 Å². The molecule has 0 heterocycles. The predicted molar refractivity (Wildman–Crippen MR) is 35.8 cm³/mol. The molecular weight excluding hydrogens is 124 g/mol. The first-order chi connectivity index (χ1) is 3.66. The highest BCUT2D eigenvalue weighted by Crippen LogP contribution is 2.05. The first-order valence-electron chi connectivity index (χ1n) is 2.65. The van der Waals surface area contributed by atoms with Crippen LogP contribution in [0.25, 0.3) is 0 Å². The van der Waals surface area contributed by atoms with Gasteiger partial charge in [-0.3, -0.25) is 0 Å². The third kappa shape index (κ3) is 4.00. The van der Waals surface area contributed by atoms with Crippen LogP contribution >= 0.6 is 11.6 Å². The molecule has 0 aromatic heterocycles. The molecule has 0 spiro atoms. The molecular formula is C6H11ClO. The van der Waals surface area contributed by atoms with Gasteiger partial charge in [0, 0.05) is 0 Å². The van der Waals surface area contributed by atoms with Gasteiger partial charge in [0.15, 0.2) is 5.22 Å². The van der Waals surface area contributed by atoms with E-state index in [1.165, 1.54) is 0 Å². The molecule has 0 aliphatic rings. The van der Waals surface area contributed by atoms with Crippen molar-refractivity contribution in [1.29, 1.82) is 0 Å². The monoisotopic (exact) mass is 134 g/mol. The second-order valence-electron chi connectivity index (χ2n) is 1.76. The summed E-state index contributed by atoms with van der Waals surface area (Å²) >= 11 is 5.50. The van der Waals surface area contributed by atoms with Crippen molar-refractivity contribution in [3.05, 3.63) is 11.3 Å². The Balaban J connectivity index is 3.39. The molecule has 48 valence electrons. The zero-order valence-corrected chi connectivity index (χ0v) is 6.20. The average Bonchev–Trinajstić information content (AvgIpc) is 1.65. The smallest absolute Gasteiger partial charge is 0.182 e. The number of halogens is 1. The van der Waals surface area contributed by atoms with Crippen LogP contribution in [-0.2, 0) is 4.74 Å². The number of rotatable bonds is 2. The molecule has 0 N–H and O–H groups in total. The minimum absolute atomic E-state index is 0.179. The Morgan fingerprint density at radius 3 is 2.25 bits per heavy atom. The van der Waals surface area contributed by atoms with Gasteiger partial charge in [0.1, 0.15) is 0 Å². The van der Waals surface area contributed by atoms with E-state index in [0.717, 1.165) is 0 Å². The van der Waals surface area contributed by atoms with E-state index in [1.807, 2.05) is 20.8 Å². The third-order valence-corrected chi connectivity index (χ3v) is 0.883. The van der Waals surface area contributed by atoms with Crippen LogP contribution in [0.2, 0.25) is 0 Å². The number of allylic oxidation sites excluding steroid dienone is 1. The molecule has 1 nitrogen and oxygen atoms in total. The maximum absolute atomic E-state index is 5.50. The second-order valence-corrected chi connectivity index (χ2v) is 2.13. The molecule has 0 rings (SSSR count). The highest BCUT2D eigenvalue weighted by atomic mass is 35.5. The minimum Gasteiger partial charge on any atom is -0.480 e. The summed E-state index contributed by atoms with van der Waals surface area (Å²) in [5, 5.41) is 0.472. The first kappa shape index (κ1) is 7.83. The van der Waals surface area contributed by atoms with Gasteiger partial charge in [-0.05, 0) is 38.4 Å². The average molecular weight is 135 g/mol. The highest BCUT2D eigenvalue weighted by Gasteiger charge is 1.92. The van der Waals surface area contributed by atoms with E-state index >= 15 is 0 Å². The quantitative estimate of drug-likeness (QED) is 0.528. The Morgan fingerprint density at radius 2 is 2.12 bits per heavy atom. The van der Waals surface area contributed by atoms with Gasteiger partial charge in [-0.25, -0.2) is 0 Å². The Kier molecular flexibility index (Phi) is 3.71. The van der Waals surface area contributed by atoms with E-state index < -0.39 is 0 Å².